The molecule has 0 bridgehead atoms. The summed E-state index contributed by atoms with van der Waals surface area (Å²) in [4.78, 5) is 29.6. The lowest BCUT2D eigenvalue weighted by atomic mass is 10.1. The van der Waals surface area contributed by atoms with Crippen LogP contribution in [-0.2, 0) is 14.8 Å². The molecule has 1 unspecified atom stereocenters. The average molecular weight is 417 g/mol. The number of nitrogens with one attached hydrogen (secondary N) is 1. The highest BCUT2D eigenvalue weighted by Crippen LogP contribution is 2.41. The van der Waals surface area contributed by atoms with Crippen LogP contribution in [0.2, 0.25) is 0 Å². The Balaban J connectivity index is 1.82. The minimum Gasteiger partial charge on any atom is -0.504 e. The summed E-state index contributed by atoms with van der Waals surface area (Å²) < 4.78 is 27.6. The second kappa shape index (κ2) is 6.36. The Hall–Kier alpha value is -2.82. The van der Waals surface area contributed by atoms with Crippen LogP contribution >= 0.6 is 11.3 Å². The van der Waals surface area contributed by atoms with E-state index in [1.807, 2.05) is 13.0 Å². The first-order valence-corrected chi connectivity index (χ1v) is 10.5. The molecule has 0 saturated heterocycles. The van der Waals surface area contributed by atoms with E-state index in [2.05, 4.69) is 10.3 Å². The van der Waals surface area contributed by atoms with E-state index < -0.39 is 27.8 Å². The molecule has 4 rings (SSSR count). The van der Waals surface area contributed by atoms with Crippen LogP contribution in [0.3, 0.4) is 0 Å². The highest BCUT2D eigenvalue weighted by Gasteiger charge is 2.47. The van der Waals surface area contributed by atoms with Crippen LogP contribution in [0.15, 0.2) is 41.4 Å². The quantitative estimate of drug-likeness (QED) is 0.617. The van der Waals surface area contributed by atoms with Crippen molar-refractivity contribution in [1.29, 1.82) is 0 Å². The van der Waals surface area contributed by atoms with Crippen molar-refractivity contribution < 1.29 is 23.1 Å². The van der Waals surface area contributed by atoms with Crippen LogP contribution in [0.4, 0.5) is 5.82 Å². The molecule has 8 nitrogen and oxygen atoms in total. The summed E-state index contributed by atoms with van der Waals surface area (Å²) in [5.74, 6) is -1.94. The number of rotatable bonds is 2. The number of nitrogens with zero attached hydrogens (tertiary/aromatic N) is 2. The predicted octanol–water partition coefficient (Wildman–Crippen LogP) is 2.13. The Morgan fingerprint density at radius 2 is 2.07 bits per heavy atom. The van der Waals surface area contributed by atoms with Gasteiger partial charge >= 0.3 is 0 Å². The number of pyridine rings is 1. The van der Waals surface area contributed by atoms with E-state index in [0.717, 1.165) is 21.2 Å². The van der Waals surface area contributed by atoms with E-state index in [9.17, 15) is 23.1 Å². The number of likely N-dealkylation sites (N-methyl/N-ethyl adjacent to an activating group) is 1. The number of carbonyl (C=O) groups excluding carboxylic acids is 2. The maximum atomic E-state index is 13.1. The third-order valence-electron chi connectivity index (χ3n) is 4.55. The van der Waals surface area contributed by atoms with Crippen LogP contribution in [-0.4, -0.2) is 47.6 Å². The number of thiophene rings is 1. The van der Waals surface area contributed by atoms with Crippen molar-refractivity contribution in [1.82, 2.24) is 9.29 Å². The van der Waals surface area contributed by atoms with Crippen LogP contribution in [0.25, 0.3) is 10.1 Å². The van der Waals surface area contributed by atoms with Crippen LogP contribution < -0.4 is 5.32 Å². The smallest absolute Gasteiger partial charge is 0.252 e. The first kappa shape index (κ1) is 18.5. The van der Waals surface area contributed by atoms with Gasteiger partial charge in [0.2, 0.25) is 15.8 Å². The summed E-state index contributed by atoms with van der Waals surface area (Å²) in [7, 11) is -2.88. The van der Waals surface area contributed by atoms with Crippen LogP contribution in [0.1, 0.15) is 15.2 Å². The van der Waals surface area contributed by atoms with Crippen molar-refractivity contribution in [3.8, 4) is 5.75 Å². The lowest BCUT2D eigenvalue weighted by Crippen LogP contribution is -2.52. The van der Waals surface area contributed by atoms with Crippen LogP contribution in [0, 0.1) is 6.92 Å². The Morgan fingerprint density at radius 1 is 1.32 bits per heavy atom. The number of hydrogen-bond donors (Lipinski definition) is 2. The molecule has 2 aromatic heterocycles. The lowest BCUT2D eigenvalue weighted by Gasteiger charge is -2.29. The number of aromatic nitrogens is 1. The van der Waals surface area contributed by atoms with Crippen molar-refractivity contribution >= 4 is 49.0 Å². The summed E-state index contributed by atoms with van der Waals surface area (Å²) in [5.41, 5.74) is 0.934. The maximum Gasteiger partial charge on any atom is 0.252 e. The summed E-state index contributed by atoms with van der Waals surface area (Å²) in [6.45, 7) is 1.87. The predicted molar refractivity (Wildman–Crippen MR) is 104 cm³/mol. The molecule has 0 fully saturated rings. The number of amides is 1. The first-order chi connectivity index (χ1) is 13.2. The number of hydrogen-bond acceptors (Lipinski definition) is 7. The van der Waals surface area contributed by atoms with Gasteiger partial charge in [-0.25, -0.2) is 13.4 Å². The van der Waals surface area contributed by atoms with Crippen molar-refractivity contribution in [2.24, 2.45) is 0 Å². The zero-order valence-corrected chi connectivity index (χ0v) is 16.5. The number of anilines is 1. The molecule has 3 heterocycles. The third kappa shape index (κ3) is 2.68. The third-order valence-corrected chi connectivity index (χ3v) is 7.75. The molecule has 0 radical (unpaired) electrons. The first-order valence-electron chi connectivity index (χ1n) is 8.22. The Kier molecular flexibility index (Phi) is 4.21. The van der Waals surface area contributed by atoms with E-state index in [1.165, 1.54) is 25.4 Å². The number of sulfonamides is 1. The largest absolute Gasteiger partial charge is 0.504 e. The van der Waals surface area contributed by atoms with Gasteiger partial charge in [0.05, 0.1) is 4.88 Å². The molecule has 1 aliphatic heterocycles. The standard InChI is InChI=1S/C18H15N3O5S2/c1-9-5-6-10-12(8-9)27-15-14(23)13(21(2)28(25,26)16(10)15)18(24)20-17-11(22)4-3-7-19-17/h3-8,13,22H,1-2H3,(H,19,20,24). The molecule has 0 saturated carbocycles. The molecule has 28 heavy (non-hydrogen) atoms. The molecule has 3 aromatic rings. The van der Waals surface area contributed by atoms with Crippen LogP contribution in [0.5, 0.6) is 5.75 Å². The van der Waals surface area contributed by atoms with E-state index >= 15 is 0 Å². The SMILES string of the molecule is Cc1ccc2c3c(sc2c1)C(=O)C(C(=O)Nc1ncccc1O)N(C)S3(=O)=O. The van der Waals surface area contributed by atoms with Gasteiger partial charge in [0.25, 0.3) is 5.91 Å². The minimum atomic E-state index is -4.07. The second-order valence-electron chi connectivity index (χ2n) is 6.41. The highest BCUT2D eigenvalue weighted by atomic mass is 32.2. The summed E-state index contributed by atoms with van der Waals surface area (Å²) in [5, 5.41) is 12.6. The van der Waals surface area contributed by atoms with Gasteiger partial charge in [0.1, 0.15) is 4.90 Å². The second-order valence-corrected chi connectivity index (χ2v) is 9.39. The Labute approximate surface area is 164 Å². The summed E-state index contributed by atoms with van der Waals surface area (Å²) >= 11 is 1.06. The van der Waals surface area contributed by atoms with Gasteiger partial charge in [-0.15, -0.1) is 11.3 Å². The number of fused-ring (bicyclic) bond motifs is 3. The topological polar surface area (TPSA) is 117 Å². The minimum absolute atomic E-state index is 0.0316. The van der Waals surface area contributed by atoms with Gasteiger partial charge in [-0.05, 0) is 30.7 Å². The number of aromatic hydroxyl groups is 1. The number of Topliss-reactive ketones (excluding diaryl/α,β-unsaturated/α-hetero) is 1. The molecule has 2 N–H and O–H groups in total. The molecule has 1 amide bonds. The van der Waals surface area contributed by atoms with Crippen molar-refractivity contribution in [2.45, 2.75) is 17.9 Å². The van der Waals surface area contributed by atoms with E-state index in [0.29, 0.717) is 10.1 Å². The van der Waals surface area contributed by atoms with Gasteiger partial charge < -0.3 is 10.4 Å². The van der Waals surface area contributed by atoms with Gasteiger partial charge in [-0.3, -0.25) is 9.59 Å². The maximum absolute atomic E-state index is 13.1. The summed E-state index contributed by atoms with van der Waals surface area (Å²) in [6, 6.07) is 6.45. The molecule has 0 aliphatic carbocycles. The van der Waals surface area contributed by atoms with Gasteiger partial charge in [-0.2, -0.15) is 4.31 Å². The zero-order chi connectivity index (χ0) is 20.2. The lowest BCUT2D eigenvalue weighted by molar-refractivity contribution is -0.118. The molecule has 1 aliphatic rings. The van der Waals surface area contributed by atoms with Gasteiger partial charge in [0.15, 0.2) is 17.6 Å². The number of aryl methyl sites for hydroxylation is 1. The molecule has 144 valence electrons. The Bertz CT molecular complexity index is 1250. The fraction of sp³-hybridized carbons (Fsp3) is 0.167. The highest BCUT2D eigenvalue weighted by molar-refractivity contribution is 7.89. The van der Waals surface area contributed by atoms with E-state index in [1.54, 1.807) is 12.1 Å². The molecule has 10 heteroatoms. The average Bonchev–Trinajstić information content (AvgIpc) is 3.02. The summed E-state index contributed by atoms with van der Waals surface area (Å²) in [6.07, 6.45) is 1.35. The van der Waals surface area contributed by atoms with E-state index in [-0.39, 0.29) is 21.3 Å². The molecule has 1 aromatic carbocycles. The zero-order valence-electron chi connectivity index (χ0n) is 14.8. The van der Waals surface area contributed by atoms with Gasteiger partial charge in [-0.1, -0.05) is 12.1 Å². The molecule has 0 spiro atoms. The molecular formula is C18H15N3O5S2. The van der Waals surface area contributed by atoms with E-state index in [4.69, 9.17) is 0 Å². The normalized spacial score (nSPS) is 18.8. The molecule has 1 atom stereocenters. The fourth-order valence-corrected chi connectivity index (χ4v) is 6.35. The molecular weight excluding hydrogens is 402 g/mol. The monoisotopic (exact) mass is 417 g/mol. The van der Waals surface area contributed by atoms with Crippen molar-refractivity contribution in [2.75, 3.05) is 12.4 Å². The number of benzene rings is 1. The van der Waals surface area contributed by atoms with Crippen molar-refractivity contribution in [3.63, 3.8) is 0 Å². The number of ketones is 1. The fourth-order valence-electron chi connectivity index (χ4n) is 3.13. The number of carbonyl (C=O) groups is 2. The van der Waals surface area contributed by atoms with Crippen molar-refractivity contribution in [3.05, 3.63) is 47.0 Å². The van der Waals surface area contributed by atoms with Gasteiger partial charge in [0, 0.05) is 23.3 Å². The Morgan fingerprint density at radius 3 is 2.79 bits per heavy atom.